The quantitative estimate of drug-likeness (QED) is 0.768. The minimum absolute atomic E-state index is 0.0161. The van der Waals surface area contributed by atoms with Gasteiger partial charge < -0.3 is 10.1 Å². The van der Waals surface area contributed by atoms with Gasteiger partial charge in [0.15, 0.2) is 0 Å². The minimum Gasteiger partial charge on any atom is -0.496 e. The molecule has 134 valence electrons. The van der Waals surface area contributed by atoms with Crippen LogP contribution in [0.15, 0.2) is 48.5 Å². The summed E-state index contributed by atoms with van der Waals surface area (Å²) in [5.41, 5.74) is 1.55. The molecule has 5 heteroatoms. The monoisotopic (exact) mass is 360 g/mol. The maximum absolute atomic E-state index is 12.6. The van der Waals surface area contributed by atoms with Crippen LogP contribution in [-0.4, -0.2) is 37.6 Å². The average Bonchev–Trinajstić information content (AvgIpc) is 2.65. The first-order valence-corrected chi connectivity index (χ1v) is 8.89. The van der Waals surface area contributed by atoms with E-state index in [0.717, 1.165) is 18.7 Å². The summed E-state index contributed by atoms with van der Waals surface area (Å²) >= 11 is 6.40. The van der Waals surface area contributed by atoms with Gasteiger partial charge in [-0.3, -0.25) is 9.69 Å². The molecule has 0 bridgehead atoms. The number of carbonyl (C=O) groups is 1. The van der Waals surface area contributed by atoms with Gasteiger partial charge in [0.2, 0.25) is 0 Å². The molecule has 0 aliphatic carbocycles. The lowest BCUT2D eigenvalue weighted by Gasteiger charge is -2.31. The molecule has 2 rings (SSSR count). The van der Waals surface area contributed by atoms with Gasteiger partial charge in [0.05, 0.1) is 18.7 Å². The molecular formula is C20H25ClN2O2. The van der Waals surface area contributed by atoms with E-state index >= 15 is 0 Å². The van der Waals surface area contributed by atoms with Crippen molar-refractivity contribution >= 4 is 17.5 Å². The molecule has 0 saturated heterocycles. The molecule has 0 radical (unpaired) electrons. The first kappa shape index (κ1) is 19.3. The Kier molecular flexibility index (Phi) is 7.29. The lowest BCUT2D eigenvalue weighted by molar-refractivity contribution is 0.0932. The van der Waals surface area contributed by atoms with E-state index in [-0.39, 0.29) is 11.9 Å². The molecule has 2 aromatic carbocycles. The van der Waals surface area contributed by atoms with Gasteiger partial charge in [0.1, 0.15) is 5.75 Å². The summed E-state index contributed by atoms with van der Waals surface area (Å²) in [7, 11) is 1.56. The van der Waals surface area contributed by atoms with Crippen LogP contribution in [0.1, 0.15) is 35.8 Å². The highest BCUT2D eigenvalue weighted by molar-refractivity contribution is 6.31. The third-order valence-corrected chi connectivity index (χ3v) is 4.67. The molecule has 0 fully saturated rings. The van der Waals surface area contributed by atoms with E-state index in [0.29, 0.717) is 22.9 Å². The topological polar surface area (TPSA) is 41.6 Å². The van der Waals surface area contributed by atoms with Crippen LogP contribution < -0.4 is 10.1 Å². The number of nitrogens with one attached hydrogen (secondary N) is 1. The molecule has 25 heavy (non-hydrogen) atoms. The molecule has 2 aromatic rings. The molecule has 4 nitrogen and oxygen atoms in total. The van der Waals surface area contributed by atoms with E-state index < -0.39 is 0 Å². The lowest BCUT2D eigenvalue weighted by Crippen LogP contribution is -2.38. The van der Waals surface area contributed by atoms with Crippen molar-refractivity contribution in [1.82, 2.24) is 10.2 Å². The summed E-state index contributed by atoms with van der Waals surface area (Å²) in [5, 5.41) is 3.74. The van der Waals surface area contributed by atoms with Crippen molar-refractivity contribution in [3.8, 4) is 5.75 Å². The number of para-hydroxylation sites is 1. The van der Waals surface area contributed by atoms with Gasteiger partial charge in [0, 0.05) is 11.6 Å². The van der Waals surface area contributed by atoms with Crippen molar-refractivity contribution in [2.75, 3.05) is 26.7 Å². The predicted molar refractivity (Wildman–Crippen MR) is 102 cm³/mol. The molecule has 0 spiro atoms. The molecule has 0 aromatic heterocycles. The van der Waals surface area contributed by atoms with Crippen molar-refractivity contribution in [1.29, 1.82) is 0 Å². The van der Waals surface area contributed by atoms with Gasteiger partial charge >= 0.3 is 0 Å². The third kappa shape index (κ3) is 4.74. The molecule has 0 saturated carbocycles. The summed E-state index contributed by atoms with van der Waals surface area (Å²) in [4.78, 5) is 14.9. The van der Waals surface area contributed by atoms with Crippen LogP contribution in [0.3, 0.4) is 0 Å². The Balaban J connectivity index is 2.20. The molecule has 0 heterocycles. The van der Waals surface area contributed by atoms with Gasteiger partial charge in [-0.1, -0.05) is 55.8 Å². The molecule has 1 amide bonds. The van der Waals surface area contributed by atoms with Crippen LogP contribution in [-0.2, 0) is 0 Å². The number of rotatable bonds is 8. The highest BCUT2D eigenvalue weighted by Crippen LogP contribution is 2.27. The average molecular weight is 361 g/mol. The maximum atomic E-state index is 12.6. The van der Waals surface area contributed by atoms with Crippen LogP contribution in [0.4, 0.5) is 0 Å². The number of halogens is 1. The maximum Gasteiger partial charge on any atom is 0.255 e. The van der Waals surface area contributed by atoms with E-state index in [1.54, 1.807) is 19.2 Å². The minimum atomic E-state index is -0.151. The number of likely N-dealkylation sites (N-methyl/N-ethyl adjacent to an activating group) is 1. The van der Waals surface area contributed by atoms with E-state index in [4.69, 9.17) is 16.3 Å². The number of nitrogens with zero attached hydrogens (tertiary/aromatic N) is 1. The number of carbonyl (C=O) groups excluding carboxylic acids is 1. The normalized spacial score (nSPS) is 12.0. The largest absolute Gasteiger partial charge is 0.496 e. The van der Waals surface area contributed by atoms with E-state index in [1.807, 2.05) is 36.4 Å². The van der Waals surface area contributed by atoms with Gasteiger partial charge in [-0.05, 0) is 36.9 Å². The first-order chi connectivity index (χ1) is 12.1. The zero-order valence-corrected chi connectivity index (χ0v) is 15.7. The number of ether oxygens (including phenoxy) is 1. The zero-order chi connectivity index (χ0) is 18.2. The summed E-state index contributed by atoms with van der Waals surface area (Å²) in [6.45, 7) is 6.43. The zero-order valence-electron chi connectivity index (χ0n) is 15.0. The Hall–Kier alpha value is -2.04. The third-order valence-electron chi connectivity index (χ3n) is 4.32. The predicted octanol–water partition coefficient (Wildman–Crippen LogP) is 4.16. The van der Waals surface area contributed by atoms with Crippen molar-refractivity contribution < 1.29 is 9.53 Å². The molecule has 1 N–H and O–H groups in total. The second-order valence-corrected chi connectivity index (χ2v) is 6.08. The fourth-order valence-electron chi connectivity index (χ4n) is 2.96. The van der Waals surface area contributed by atoms with E-state index in [1.165, 1.54) is 0 Å². The fourth-order valence-corrected chi connectivity index (χ4v) is 3.22. The standard InChI is InChI=1S/C20H25ClN2O2/c1-4-23(5-2)18(15-10-6-8-12-17(15)21)14-22-20(24)16-11-7-9-13-19(16)25-3/h6-13,18H,4-5,14H2,1-3H3,(H,22,24). The van der Waals surface area contributed by atoms with Crippen molar-refractivity contribution in [3.63, 3.8) is 0 Å². The van der Waals surface area contributed by atoms with Gasteiger partial charge in [-0.25, -0.2) is 0 Å². The number of hydrogen-bond donors (Lipinski definition) is 1. The van der Waals surface area contributed by atoms with Crippen LogP contribution >= 0.6 is 11.6 Å². The van der Waals surface area contributed by atoms with Crippen LogP contribution in [0.2, 0.25) is 5.02 Å². The molecule has 1 unspecified atom stereocenters. The van der Waals surface area contributed by atoms with Crippen LogP contribution in [0.25, 0.3) is 0 Å². The summed E-state index contributed by atoms with van der Waals surface area (Å²) in [6.07, 6.45) is 0. The molecular weight excluding hydrogens is 336 g/mol. The Labute approximate surface area is 154 Å². The highest BCUT2D eigenvalue weighted by Gasteiger charge is 2.22. The fraction of sp³-hybridized carbons (Fsp3) is 0.350. The van der Waals surface area contributed by atoms with E-state index in [2.05, 4.69) is 24.1 Å². The van der Waals surface area contributed by atoms with Gasteiger partial charge in [-0.2, -0.15) is 0 Å². The summed E-state index contributed by atoms with van der Waals surface area (Å²) in [5.74, 6) is 0.416. The molecule has 0 aliphatic rings. The van der Waals surface area contributed by atoms with Crippen molar-refractivity contribution in [2.45, 2.75) is 19.9 Å². The second kappa shape index (κ2) is 9.44. The molecule has 0 aliphatic heterocycles. The van der Waals surface area contributed by atoms with Gasteiger partial charge in [-0.15, -0.1) is 0 Å². The number of hydrogen-bond acceptors (Lipinski definition) is 3. The Morgan fingerprint density at radius 3 is 2.40 bits per heavy atom. The van der Waals surface area contributed by atoms with Gasteiger partial charge in [0.25, 0.3) is 5.91 Å². The van der Waals surface area contributed by atoms with E-state index in [9.17, 15) is 4.79 Å². The lowest BCUT2D eigenvalue weighted by atomic mass is 10.0. The van der Waals surface area contributed by atoms with Crippen molar-refractivity contribution in [3.05, 3.63) is 64.7 Å². The Morgan fingerprint density at radius 2 is 1.76 bits per heavy atom. The number of amides is 1. The highest BCUT2D eigenvalue weighted by atomic mass is 35.5. The molecule has 1 atom stereocenters. The van der Waals surface area contributed by atoms with Crippen LogP contribution in [0, 0.1) is 0 Å². The summed E-state index contributed by atoms with van der Waals surface area (Å²) in [6, 6.07) is 15.0. The number of benzene rings is 2. The van der Waals surface area contributed by atoms with Crippen LogP contribution in [0.5, 0.6) is 5.75 Å². The van der Waals surface area contributed by atoms with Crippen molar-refractivity contribution in [2.24, 2.45) is 0 Å². The second-order valence-electron chi connectivity index (χ2n) is 5.67. The Morgan fingerprint density at radius 1 is 1.12 bits per heavy atom. The SMILES string of the molecule is CCN(CC)C(CNC(=O)c1ccccc1OC)c1ccccc1Cl. The summed E-state index contributed by atoms with van der Waals surface area (Å²) < 4.78 is 5.27. The smallest absolute Gasteiger partial charge is 0.255 e. The Bertz CT molecular complexity index is 702. The first-order valence-electron chi connectivity index (χ1n) is 8.52. The number of methoxy groups -OCH3 is 1.